The van der Waals surface area contributed by atoms with Crippen LogP contribution in [0.3, 0.4) is 0 Å². The number of hydrogen-bond donors (Lipinski definition) is 2. The summed E-state index contributed by atoms with van der Waals surface area (Å²) in [6, 6.07) is 15.5. The van der Waals surface area contributed by atoms with E-state index < -0.39 is 20.5 Å². The molecule has 1 heterocycles. The first-order valence-corrected chi connectivity index (χ1v) is 12.8. The maximum absolute atomic E-state index is 13.7. The summed E-state index contributed by atoms with van der Waals surface area (Å²) in [4.78, 5) is 25.7. The van der Waals surface area contributed by atoms with Crippen LogP contribution >= 0.6 is 0 Å². The van der Waals surface area contributed by atoms with Crippen LogP contribution in [0.5, 0.6) is 0 Å². The van der Waals surface area contributed by atoms with E-state index in [1.807, 2.05) is 13.0 Å². The van der Waals surface area contributed by atoms with Crippen LogP contribution in [-0.4, -0.2) is 25.0 Å². The van der Waals surface area contributed by atoms with Gasteiger partial charge in [0.1, 0.15) is 0 Å². The smallest absolute Gasteiger partial charge is 0.291 e. The Labute approximate surface area is 199 Å². The second kappa shape index (κ2) is 9.46. The Morgan fingerprint density at radius 2 is 1.71 bits per heavy atom. The molecule has 0 spiro atoms. The van der Waals surface area contributed by atoms with Crippen LogP contribution < -0.4 is 10.6 Å². The average Bonchev–Trinajstić information content (AvgIpc) is 3.53. The molecule has 1 fully saturated rings. The van der Waals surface area contributed by atoms with Crippen LogP contribution in [0.25, 0.3) is 0 Å². The van der Waals surface area contributed by atoms with Crippen LogP contribution in [0.4, 0.5) is 5.69 Å². The molecular weight excluding hydrogens is 452 g/mol. The largest absolute Gasteiger partial charge is 0.459 e. The molecule has 0 atom stereocenters. The lowest BCUT2D eigenvalue weighted by Gasteiger charge is -2.28. The molecule has 7 nitrogen and oxygen atoms in total. The summed E-state index contributed by atoms with van der Waals surface area (Å²) in [5.74, 6) is -0.602. The number of rotatable bonds is 7. The molecule has 2 amide bonds. The average molecular weight is 481 g/mol. The van der Waals surface area contributed by atoms with E-state index in [1.165, 1.54) is 6.26 Å². The standard InChI is InChI=1S/C26H28N2O5S/c1-18-7-8-19(2)23(16-18)34(31,32)26(13-3-4-14-26)25(30)27-17-20-9-11-21(12-10-20)28-24(29)22-6-5-15-33-22/h5-12,15-16H,3-4,13-14,17H2,1-2H3,(H,27,30)(H,28,29). The van der Waals surface area contributed by atoms with Gasteiger partial charge in [0.05, 0.1) is 11.2 Å². The number of sulfone groups is 1. The number of nitrogens with one attached hydrogen (secondary N) is 2. The van der Waals surface area contributed by atoms with Crippen LogP contribution in [-0.2, 0) is 21.2 Å². The molecule has 0 radical (unpaired) electrons. The summed E-state index contributed by atoms with van der Waals surface area (Å²) in [6.07, 6.45) is 3.44. The van der Waals surface area contributed by atoms with Crippen molar-refractivity contribution in [2.75, 3.05) is 5.32 Å². The summed E-state index contributed by atoms with van der Waals surface area (Å²) >= 11 is 0. The zero-order valence-electron chi connectivity index (χ0n) is 19.3. The van der Waals surface area contributed by atoms with Crippen molar-refractivity contribution in [1.82, 2.24) is 5.32 Å². The number of aryl methyl sites for hydroxylation is 2. The second-order valence-electron chi connectivity index (χ2n) is 8.78. The summed E-state index contributed by atoms with van der Waals surface area (Å²) in [5, 5.41) is 5.59. The van der Waals surface area contributed by atoms with Crippen LogP contribution in [0.2, 0.25) is 0 Å². The van der Waals surface area contributed by atoms with Gasteiger partial charge in [-0.3, -0.25) is 9.59 Å². The second-order valence-corrected chi connectivity index (χ2v) is 11.0. The fourth-order valence-electron chi connectivity index (χ4n) is 4.42. The summed E-state index contributed by atoms with van der Waals surface area (Å²) < 4.78 is 31.1. The first-order valence-electron chi connectivity index (χ1n) is 11.3. The summed E-state index contributed by atoms with van der Waals surface area (Å²) in [7, 11) is -3.87. The molecule has 178 valence electrons. The normalized spacial score (nSPS) is 15.1. The van der Waals surface area contributed by atoms with Gasteiger partial charge in [0.15, 0.2) is 20.3 Å². The number of furan rings is 1. The van der Waals surface area contributed by atoms with E-state index in [9.17, 15) is 18.0 Å². The van der Waals surface area contributed by atoms with Crippen molar-refractivity contribution in [2.45, 2.75) is 55.7 Å². The highest BCUT2D eigenvalue weighted by Gasteiger charge is 2.53. The third kappa shape index (κ3) is 4.50. The lowest BCUT2D eigenvalue weighted by Crippen LogP contribution is -2.50. The van der Waals surface area contributed by atoms with Crippen LogP contribution in [0, 0.1) is 13.8 Å². The van der Waals surface area contributed by atoms with E-state index >= 15 is 0 Å². The zero-order chi connectivity index (χ0) is 24.3. The van der Waals surface area contributed by atoms with Crippen molar-refractivity contribution < 1.29 is 22.4 Å². The molecule has 1 aromatic heterocycles. The predicted molar refractivity (Wildman–Crippen MR) is 129 cm³/mol. The Kier molecular flexibility index (Phi) is 6.61. The highest BCUT2D eigenvalue weighted by atomic mass is 32.2. The van der Waals surface area contributed by atoms with Crippen molar-refractivity contribution in [3.8, 4) is 0 Å². The van der Waals surface area contributed by atoms with E-state index in [0.29, 0.717) is 36.9 Å². The molecule has 8 heteroatoms. The van der Waals surface area contributed by atoms with E-state index in [-0.39, 0.29) is 23.1 Å². The molecule has 0 aliphatic heterocycles. The zero-order valence-corrected chi connectivity index (χ0v) is 20.1. The molecule has 0 bridgehead atoms. The van der Waals surface area contributed by atoms with Gasteiger partial charge in [-0.25, -0.2) is 8.42 Å². The van der Waals surface area contributed by atoms with Gasteiger partial charge in [-0.2, -0.15) is 0 Å². The minimum atomic E-state index is -3.87. The van der Waals surface area contributed by atoms with Crippen molar-refractivity contribution in [2.24, 2.45) is 0 Å². The lowest BCUT2D eigenvalue weighted by atomic mass is 10.1. The Morgan fingerprint density at radius 3 is 2.35 bits per heavy atom. The van der Waals surface area contributed by atoms with Crippen molar-refractivity contribution in [3.63, 3.8) is 0 Å². The molecule has 2 N–H and O–H groups in total. The van der Waals surface area contributed by atoms with E-state index in [1.54, 1.807) is 55.5 Å². The Hall–Kier alpha value is -3.39. The summed E-state index contributed by atoms with van der Waals surface area (Å²) in [6.45, 7) is 3.80. The molecular formula is C26H28N2O5S. The van der Waals surface area contributed by atoms with Crippen LogP contribution in [0.15, 0.2) is 70.2 Å². The molecule has 2 aromatic carbocycles. The van der Waals surface area contributed by atoms with Crippen LogP contribution in [0.1, 0.15) is 52.9 Å². The van der Waals surface area contributed by atoms with Gasteiger partial charge < -0.3 is 15.1 Å². The molecule has 3 aromatic rings. The van der Waals surface area contributed by atoms with Gasteiger partial charge in [-0.1, -0.05) is 37.1 Å². The monoisotopic (exact) mass is 480 g/mol. The minimum Gasteiger partial charge on any atom is -0.459 e. The number of carbonyl (C=O) groups excluding carboxylic acids is 2. The lowest BCUT2D eigenvalue weighted by molar-refractivity contribution is -0.123. The summed E-state index contributed by atoms with van der Waals surface area (Å²) in [5.41, 5.74) is 2.87. The molecule has 4 rings (SSSR count). The van der Waals surface area contributed by atoms with Gasteiger partial charge in [-0.05, 0) is 73.7 Å². The molecule has 1 aliphatic rings. The van der Waals surface area contributed by atoms with Crippen molar-refractivity contribution in [3.05, 3.63) is 83.3 Å². The van der Waals surface area contributed by atoms with E-state index in [0.717, 1.165) is 11.1 Å². The Balaban J connectivity index is 1.47. The van der Waals surface area contributed by atoms with Gasteiger partial charge >= 0.3 is 0 Å². The number of hydrogen-bond acceptors (Lipinski definition) is 5. The minimum absolute atomic E-state index is 0.190. The first-order chi connectivity index (χ1) is 16.2. The van der Waals surface area contributed by atoms with Gasteiger partial charge in [0.2, 0.25) is 5.91 Å². The molecule has 34 heavy (non-hydrogen) atoms. The predicted octanol–water partition coefficient (Wildman–Crippen LogP) is 4.55. The third-order valence-electron chi connectivity index (χ3n) is 6.38. The van der Waals surface area contributed by atoms with E-state index in [2.05, 4.69) is 10.6 Å². The topological polar surface area (TPSA) is 105 Å². The maximum Gasteiger partial charge on any atom is 0.291 e. The Bertz CT molecular complexity index is 1290. The first kappa shape index (κ1) is 23.8. The fraction of sp³-hybridized carbons (Fsp3) is 0.308. The third-order valence-corrected chi connectivity index (χ3v) is 9.02. The fourth-order valence-corrected chi connectivity index (χ4v) is 6.82. The number of carbonyl (C=O) groups is 2. The van der Waals surface area contributed by atoms with Crippen molar-refractivity contribution >= 4 is 27.3 Å². The van der Waals surface area contributed by atoms with Crippen molar-refractivity contribution in [1.29, 1.82) is 0 Å². The quantitative estimate of drug-likeness (QED) is 0.516. The number of anilines is 1. The van der Waals surface area contributed by atoms with Gasteiger partial charge in [0.25, 0.3) is 5.91 Å². The molecule has 0 unspecified atom stereocenters. The molecule has 1 saturated carbocycles. The maximum atomic E-state index is 13.7. The molecule has 1 aliphatic carbocycles. The van der Waals surface area contributed by atoms with E-state index in [4.69, 9.17) is 4.42 Å². The van der Waals surface area contributed by atoms with Gasteiger partial charge in [0, 0.05) is 12.2 Å². The SMILES string of the molecule is Cc1ccc(C)c(S(=O)(=O)C2(C(=O)NCc3ccc(NC(=O)c4ccco4)cc3)CCCC2)c1. The number of amides is 2. The highest BCUT2D eigenvalue weighted by molar-refractivity contribution is 7.93. The highest BCUT2D eigenvalue weighted by Crippen LogP contribution is 2.41. The Morgan fingerprint density at radius 1 is 1.00 bits per heavy atom. The number of benzene rings is 2. The molecule has 0 saturated heterocycles. The van der Waals surface area contributed by atoms with Gasteiger partial charge in [-0.15, -0.1) is 0 Å².